The highest BCUT2D eigenvalue weighted by Crippen LogP contribution is 2.35. The van der Waals surface area contributed by atoms with Gasteiger partial charge in [-0.1, -0.05) is 42.5 Å². The zero-order valence-electron chi connectivity index (χ0n) is 15.7. The van der Waals surface area contributed by atoms with Crippen LogP contribution >= 0.6 is 11.3 Å². The van der Waals surface area contributed by atoms with Gasteiger partial charge >= 0.3 is 0 Å². The smallest absolute Gasteiger partial charge is 0.279 e. The number of rotatable bonds is 3. The van der Waals surface area contributed by atoms with Crippen LogP contribution in [0.1, 0.15) is 34.2 Å². The molecular weight excluding hydrogens is 382 g/mol. The van der Waals surface area contributed by atoms with Gasteiger partial charge in [-0.05, 0) is 42.5 Å². The van der Waals surface area contributed by atoms with E-state index in [2.05, 4.69) is 11.2 Å². The Kier molecular flexibility index (Phi) is 4.48. The quantitative estimate of drug-likeness (QED) is 0.510. The molecule has 1 atom stereocenters. The average molecular weight is 401 g/mol. The van der Waals surface area contributed by atoms with Crippen LogP contribution in [0.2, 0.25) is 0 Å². The van der Waals surface area contributed by atoms with Crippen LogP contribution in [-0.2, 0) is 0 Å². The van der Waals surface area contributed by atoms with Gasteiger partial charge in [-0.3, -0.25) is 9.59 Å². The fourth-order valence-electron chi connectivity index (χ4n) is 4.01. The molecule has 0 radical (unpaired) electrons. The van der Waals surface area contributed by atoms with Gasteiger partial charge < -0.3 is 4.90 Å². The molecule has 144 valence electrons. The Morgan fingerprint density at radius 1 is 0.966 bits per heavy atom. The van der Waals surface area contributed by atoms with Crippen molar-refractivity contribution in [1.82, 2.24) is 14.7 Å². The average Bonchev–Trinajstić information content (AvgIpc) is 3.46. The summed E-state index contributed by atoms with van der Waals surface area (Å²) in [6.07, 6.45) is 1.91. The van der Waals surface area contributed by atoms with Crippen molar-refractivity contribution in [2.45, 2.75) is 18.9 Å². The van der Waals surface area contributed by atoms with Crippen LogP contribution in [0.15, 0.2) is 76.9 Å². The van der Waals surface area contributed by atoms with E-state index < -0.39 is 0 Å². The first-order chi connectivity index (χ1) is 14.2. The van der Waals surface area contributed by atoms with E-state index in [9.17, 15) is 9.59 Å². The summed E-state index contributed by atoms with van der Waals surface area (Å²) in [6, 6.07) is 20.6. The monoisotopic (exact) mass is 401 g/mol. The number of para-hydroxylation sites is 1. The molecule has 5 rings (SSSR count). The Morgan fingerprint density at radius 3 is 2.48 bits per heavy atom. The summed E-state index contributed by atoms with van der Waals surface area (Å²) >= 11 is 1.67. The van der Waals surface area contributed by atoms with Gasteiger partial charge in [0.2, 0.25) is 0 Å². The lowest BCUT2D eigenvalue weighted by Crippen LogP contribution is -2.33. The Morgan fingerprint density at radius 2 is 1.72 bits per heavy atom. The van der Waals surface area contributed by atoms with Gasteiger partial charge in [0, 0.05) is 16.8 Å². The lowest BCUT2D eigenvalue weighted by Gasteiger charge is -2.24. The predicted molar refractivity (Wildman–Crippen MR) is 115 cm³/mol. The summed E-state index contributed by atoms with van der Waals surface area (Å²) in [5, 5.41) is 7.69. The second kappa shape index (κ2) is 7.29. The fourth-order valence-corrected chi connectivity index (χ4v) is 4.89. The molecule has 3 heterocycles. The van der Waals surface area contributed by atoms with Crippen LogP contribution in [0.3, 0.4) is 0 Å². The first kappa shape index (κ1) is 17.8. The minimum Gasteiger partial charge on any atom is -0.329 e. The van der Waals surface area contributed by atoms with Gasteiger partial charge in [0.1, 0.15) is 0 Å². The number of hydrogen-bond donors (Lipinski definition) is 0. The molecule has 1 fully saturated rings. The molecule has 0 aliphatic carbocycles. The lowest BCUT2D eigenvalue weighted by molar-refractivity contribution is 0.0732. The Bertz CT molecular complexity index is 1230. The topological polar surface area (TPSA) is 55.2 Å². The van der Waals surface area contributed by atoms with Crippen LogP contribution in [0.5, 0.6) is 0 Å². The number of fused-ring (bicyclic) bond motifs is 1. The summed E-state index contributed by atoms with van der Waals surface area (Å²) in [7, 11) is 0. The molecule has 1 aliphatic heterocycles. The number of thiophene rings is 1. The van der Waals surface area contributed by atoms with E-state index in [1.165, 1.54) is 9.56 Å². The molecule has 29 heavy (non-hydrogen) atoms. The highest BCUT2D eigenvalue weighted by Gasteiger charge is 2.33. The maximum absolute atomic E-state index is 13.6. The van der Waals surface area contributed by atoms with E-state index in [0.717, 1.165) is 12.8 Å². The molecule has 0 saturated carbocycles. The van der Waals surface area contributed by atoms with Crippen molar-refractivity contribution in [3.05, 3.63) is 93.0 Å². The summed E-state index contributed by atoms with van der Waals surface area (Å²) in [6.45, 7) is 0.696. The Hall–Kier alpha value is -3.25. The molecule has 4 aromatic rings. The van der Waals surface area contributed by atoms with Gasteiger partial charge in [-0.15, -0.1) is 11.3 Å². The molecule has 1 aliphatic rings. The molecule has 0 unspecified atom stereocenters. The minimum atomic E-state index is -0.223. The van der Waals surface area contributed by atoms with Gasteiger partial charge in [-0.25, -0.2) is 0 Å². The third-order valence-corrected chi connectivity index (χ3v) is 6.37. The molecular formula is C23H19N3O2S. The number of carbonyl (C=O) groups excluding carboxylic acids is 1. The van der Waals surface area contributed by atoms with Crippen molar-refractivity contribution < 1.29 is 4.79 Å². The van der Waals surface area contributed by atoms with Crippen LogP contribution in [0, 0.1) is 0 Å². The maximum atomic E-state index is 13.6. The summed E-state index contributed by atoms with van der Waals surface area (Å²) in [5.41, 5.74) is 0.751. The first-order valence-electron chi connectivity index (χ1n) is 9.66. The number of hydrogen-bond acceptors (Lipinski definition) is 4. The predicted octanol–water partition coefficient (Wildman–Crippen LogP) is 4.42. The zero-order valence-corrected chi connectivity index (χ0v) is 16.5. The minimum absolute atomic E-state index is 0.0696. The van der Waals surface area contributed by atoms with Crippen LogP contribution in [-0.4, -0.2) is 27.1 Å². The van der Waals surface area contributed by atoms with Crippen LogP contribution in [0.4, 0.5) is 0 Å². The van der Waals surface area contributed by atoms with Crippen molar-refractivity contribution in [3.63, 3.8) is 0 Å². The molecule has 2 aromatic heterocycles. The largest absolute Gasteiger partial charge is 0.329 e. The molecule has 0 N–H and O–H groups in total. The molecule has 1 amide bonds. The van der Waals surface area contributed by atoms with E-state index >= 15 is 0 Å². The number of aromatic nitrogens is 2. The Balaban J connectivity index is 1.67. The van der Waals surface area contributed by atoms with Crippen LogP contribution in [0.25, 0.3) is 16.5 Å². The molecule has 5 nitrogen and oxygen atoms in total. The SMILES string of the molecule is O=C(c1nn(-c2ccccc2)c(=O)c2ccccc12)N1CCC[C@@H]1c1cccs1. The molecule has 1 saturated heterocycles. The Labute approximate surface area is 171 Å². The number of nitrogens with zero attached hydrogens (tertiary/aromatic N) is 3. The van der Waals surface area contributed by atoms with Gasteiger partial charge in [0.05, 0.1) is 17.1 Å². The van der Waals surface area contributed by atoms with Crippen LogP contribution < -0.4 is 5.56 Å². The number of carbonyl (C=O) groups is 1. The van der Waals surface area contributed by atoms with Crippen molar-refractivity contribution >= 4 is 28.0 Å². The second-order valence-electron chi connectivity index (χ2n) is 7.12. The normalized spacial score (nSPS) is 16.4. The van der Waals surface area contributed by atoms with E-state index in [1.54, 1.807) is 17.4 Å². The van der Waals surface area contributed by atoms with E-state index in [4.69, 9.17) is 0 Å². The number of benzene rings is 2. The van der Waals surface area contributed by atoms with E-state index in [1.807, 2.05) is 64.9 Å². The van der Waals surface area contributed by atoms with Gasteiger partial charge in [-0.2, -0.15) is 9.78 Å². The van der Waals surface area contributed by atoms with Gasteiger partial charge in [0.25, 0.3) is 11.5 Å². The third-order valence-electron chi connectivity index (χ3n) is 5.39. The molecule has 0 bridgehead atoms. The van der Waals surface area contributed by atoms with Crippen molar-refractivity contribution in [3.8, 4) is 5.69 Å². The zero-order chi connectivity index (χ0) is 19.8. The second-order valence-corrected chi connectivity index (χ2v) is 8.10. The van der Waals surface area contributed by atoms with E-state index in [-0.39, 0.29) is 17.5 Å². The fraction of sp³-hybridized carbons (Fsp3) is 0.174. The first-order valence-corrected chi connectivity index (χ1v) is 10.5. The maximum Gasteiger partial charge on any atom is 0.279 e. The third kappa shape index (κ3) is 3.06. The molecule has 6 heteroatoms. The number of likely N-dealkylation sites (tertiary alicyclic amines) is 1. The molecule has 0 spiro atoms. The highest BCUT2D eigenvalue weighted by molar-refractivity contribution is 7.10. The summed E-state index contributed by atoms with van der Waals surface area (Å²) in [4.78, 5) is 29.8. The van der Waals surface area contributed by atoms with E-state index in [0.29, 0.717) is 28.7 Å². The summed E-state index contributed by atoms with van der Waals surface area (Å²) < 4.78 is 1.34. The van der Waals surface area contributed by atoms with Crippen molar-refractivity contribution in [2.24, 2.45) is 0 Å². The van der Waals surface area contributed by atoms with Gasteiger partial charge in [0.15, 0.2) is 5.69 Å². The highest BCUT2D eigenvalue weighted by atomic mass is 32.1. The van der Waals surface area contributed by atoms with Crippen molar-refractivity contribution in [1.29, 1.82) is 0 Å². The standard InChI is InChI=1S/C23H19N3O2S/c27-22-18-11-5-4-10-17(18)21(24-26(22)16-8-2-1-3-9-16)23(28)25-14-6-12-19(25)20-13-7-15-29-20/h1-5,7-11,13,15,19H,6,12,14H2/t19-/m1/s1. The van der Waals surface area contributed by atoms with Crippen molar-refractivity contribution in [2.75, 3.05) is 6.54 Å². The number of amides is 1. The molecule has 2 aromatic carbocycles. The summed E-state index contributed by atoms with van der Waals surface area (Å²) in [5.74, 6) is -0.123. The lowest BCUT2D eigenvalue weighted by atomic mass is 10.1.